The lowest BCUT2D eigenvalue weighted by Gasteiger charge is -2.03. The first-order valence-electron chi connectivity index (χ1n) is 8.53. The van der Waals surface area contributed by atoms with Crippen LogP contribution < -0.4 is 4.74 Å². The predicted molar refractivity (Wildman–Crippen MR) is 101 cm³/mol. The third kappa shape index (κ3) is 3.85. The lowest BCUT2D eigenvalue weighted by molar-refractivity contribution is 0.0741. The summed E-state index contributed by atoms with van der Waals surface area (Å²) in [6.45, 7) is 4.33. The number of esters is 1. The average Bonchev–Trinajstić information content (AvgIpc) is 2.97. The van der Waals surface area contributed by atoms with Crippen molar-refractivity contribution in [1.29, 1.82) is 0 Å². The van der Waals surface area contributed by atoms with E-state index in [2.05, 4.69) is 32.0 Å². The normalized spacial score (nSPS) is 10.9. The molecule has 1 aromatic heterocycles. The molecule has 0 fully saturated rings. The summed E-state index contributed by atoms with van der Waals surface area (Å²) in [5, 5.41) is 1.78. The molecule has 1 heterocycles. The highest BCUT2D eigenvalue weighted by atomic mass is 32.1. The van der Waals surface area contributed by atoms with Gasteiger partial charge >= 0.3 is 5.97 Å². The van der Waals surface area contributed by atoms with Crippen LogP contribution in [0.1, 0.15) is 48.2 Å². The van der Waals surface area contributed by atoms with E-state index in [1.807, 2.05) is 30.3 Å². The molecule has 0 bridgehead atoms. The van der Waals surface area contributed by atoms with Gasteiger partial charge in [-0.1, -0.05) is 62.3 Å². The number of aryl methyl sites for hydroxylation is 2. The van der Waals surface area contributed by atoms with Crippen LogP contribution in [0.5, 0.6) is 5.06 Å². The molecule has 0 aliphatic heterocycles. The lowest BCUT2D eigenvalue weighted by atomic mass is 10.1. The summed E-state index contributed by atoms with van der Waals surface area (Å²) in [7, 11) is 0. The smallest absolute Gasteiger partial charge is 0.344 e. The third-order valence-corrected chi connectivity index (χ3v) is 5.00. The van der Waals surface area contributed by atoms with Gasteiger partial charge in [0, 0.05) is 10.8 Å². The van der Waals surface area contributed by atoms with E-state index in [0.29, 0.717) is 10.6 Å². The van der Waals surface area contributed by atoms with Gasteiger partial charge < -0.3 is 4.74 Å². The van der Waals surface area contributed by atoms with Crippen LogP contribution in [0.25, 0.3) is 10.1 Å². The van der Waals surface area contributed by atoms with Gasteiger partial charge in [0.25, 0.3) is 0 Å². The van der Waals surface area contributed by atoms with Crippen molar-refractivity contribution in [2.45, 2.75) is 39.5 Å². The summed E-state index contributed by atoms with van der Waals surface area (Å²) in [5.74, 6) is -0.293. The van der Waals surface area contributed by atoms with Gasteiger partial charge in [0.2, 0.25) is 0 Å². The number of hydrogen-bond acceptors (Lipinski definition) is 3. The molecule has 0 unspecified atom stereocenters. The SMILES string of the molecule is CCCc1ccc(C(=O)Oc2cc3ccc(CCC)cc3s2)cc1. The Morgan fingerprint density at radius 1 is 0.917 bits per heavy atom. The molecule has 0 aliphatic rings. The van der Waals surface area contributed by atoms with Gasteiger partial charge in [-0.2, -0.15) is 0 Å². The summed E-state index contributed by atoms with van der Waals surface area (Å²) in [4.78, 5) is 12.3. The van der Waals surface area contributed by atoms with Gasteiger partial charge in [-0.05, 0) is 47.6 Å². The van der Waals surface area contributed by atoms with Crippen LogP contribution in [0.3, 0.4) is 0 Å². The van der Waals surface area contributed by atoms with Gasteiger partial charge in [0.15, 0.2) is 5.06 Å². The number of benzene rings is 2. The average molecular weight is 338 g/mol. The molecule has 0 N–H and O–H groups in total. The van der Waals surface area contributed by atoms with E-state index in [0.717, 1.165) is 31.1 Å². The summed E-state index contributed by atoms with van der Waals surface area (Å²) in [6, 6.07) is 16.1. The first-order chi connectivity index (χ1) is 11.7. The number of ether oxygens (including phenoxy) is 1. The van der Waals surface area contributed by atoms with Gasteiger partial charge in [0.1, 0.15) is 0 Å². The number of thiophene rings is 1. The molecule has 0 saturated heterocycles. The monoisotopic (exact) mass is 338 g/mol. The van der Waals surface area contributed by atoms with Gasteiger partial charge in [-0.3, -0.25) is 0 Å². The van der Waals surface area contributed by atoms with Crippen LogP contribution in [-0.2, 0) is 12.8 Å². The molecule has 0 spiro atoms. The Bertz CT molecular complexity index is 831. The Balaban J connectivity index is 1.74. The van der Waals surface area contributed by atoms with Gasteiger partial charge in [-0.15, -0.1) is 0 Å². The molecular formula is C21H22O2S. The van der Waals surface area contributed by atoms with E-state index in [1.54, 1.807) is 0 Å². The number of rotatable bonds is 6. The second-order valence-electron chi connectivity index (χ2n) is 6.02. The Kier molecular flexibility index (Phi) is 5.31. The van der Waals surface area contributed by atoms with Crippen LogP contribution in [-0.4, -0.2) is 5.97 Å². The van der Waals surface area contributed by atoms with E-state index in [9.17, 15) is 4.79 Å². The standard InChI is InChI=1S/C21H22O2S/c1-3-5-15-7-10-17(11-8-15)21(22)23-20-14-18-12-9-16(6-4-2)13-19(18)24-20/h7-14H,3-6H2,1-2H3. The van der Waals surface area contributed by atoms with Crippen LogP contribution in [0.4, 0.5) is 0 Å². The molecule has 0 radical (unpaired) electrons. The number of carbonyl (C=O) groups excluding carboxylic acids is 1. The van der Waals surface area contributed by atoms with Crippen LogP contribution in [0.2, 0.25) is 0 Å². The first-order valence-corrected chi connectivity index (χ1v) is 9.35. The molecule has 3 heteroatoms. The second kappa shape index (κ2) is 7.63. The number of carbonyl (C=O) groups is 1. The molecule has 24 heavy (non-hydrogen) atoms. The summed E-state index contributed by atoms with van der Waals surface area (Å²) in [6.07, 6.45) is 4.34. The number of fused-ring (bicyclic) bond motifs is 1. The van der Waals surface area contributed by atoms with E-state index in [1.165, 1.54) is 27.2 Å². The predicted octanol–water partition coefficient (Wildman–Crippen LogP) is 6.03. The molecule has 3 aromatic rings. The van der Waals surface area contributed by atoms with Gasteiger partial charge in [-0.25, -0.2) is 4.79 Å². The minimum absolute atomic E-state index is 0.293. The number of hydrogen-bond donors (Lipinski definition) is 0. The minimum atomic E-state index is -0.293. The van der Waals surface area contributed by atoms with Crippen molar-refractivity contribution in [2.75, 3.05) is 0 Å². The Morgan fingerprint density at radius 2 is 1.58 bits per heavy atom. The molecule has 124 valence electrons. The highest BCUT2D eigenvalue weighted by molar-refractivity contribution is 7.20. The quantitative estimate of drug-likeness (QED) is 0.513. The summed E-state index contributed by atoms with van der Waals surface area (Å²) >= 11 is 1.53. The zero-order chi connectivity index (χ0) is 16.9. The van der Waals surface area contributed by atoms with Crippen molar-refractivity contribution < 1.29 is 9.53 Å². The zero-order valence-electron chi connectivity index (χ0n) is 14.2. The van der Waals surface area contributed by atoms with E-state index in [4.69, 9.17) is 4.74 Å². The first kappa shape index (κ1) is 16.7. The molecule has 0 aliphatic carbocycles. The van der Waals surface area contributed by atoms with Crippen LogP contribution in [0, 0.1) is 0 Å². The molecule has 0 amide bonds. The van der Waals surface area contributed by atoms with E-state index >= 15 is 0 Å². The minimum Gasteiger partial charge on any atom is -0.412 e. The fraction of sp³-hybridized carbons (Fsp3) is 0.286. The highest BCUT2D eigenvalue weighted by Gasteiger charge is 2.11. The maximum absolute atomic E-state index is 12.3. The van der Waals surface area contributed by atoms with Gasteiger partial charge in [0.05, 0.1) is 5.56 Å². The molecular weight excluding hydrogens is 316 g/mol. The zero-order valence-corrected chi connectivity index (χ0v) is 15.0. The van der Waals surface area contributed by atoms with Crippen molar-refractivity contribution in [1.82, 2.24) is 0 Å². The van der Waals surface area contributed by atoms with Crippen molar-refractivity contribution in [3.63, 3.8) is 0 Å². The molecule has 2 aromatic carbocycles. The Morgan fingerprint density at radius 3 is 2.29 bits per heavy atom. The van der Waals surface area contributed by atoms with Crippen molar-refractivity contribution in [3.05, 3.63) is 65.2 Å². The second-order valence-corrected chi connectivity index (χ2v) is 7.07. The maximum atomic E-state index is 12.3. The molecule has 2 nitrogen and oxygen atoms in total. The fourth-order valence-corrected chi connectivity index (χ4v) is 3.77. The van der Waals surface area contributed by atoms with Crippen LogP contribution >= 0.6 is 11.3 Å². The largest absolute Gasteiger partial charge is 0.412 e. The molecule has 3 rings (SSSR count). The molecule has 0 saturated carbocycles. The summed E-state index contributed by atoms with van der Waals surface area (Å²) in [5.41, 5.74) is 3.18. The summed E-state index contributed by atoms with van der Waals surface area (Å²) < 4.78 is 6.73. The van der Waals surface area contributed by atoms with Crippen molar-refractivity contribution in [2.24, 2.45) is 0 Å². The van der Waals surface area contributed by atoms with E-state index < -0.39 is 0 Å². The highest BCUT2D eigenvalue weighted by Crippen LogP contribution is 2.33. The Hall–Kier alpha value is -2.13. The van der Waals surface area contributed by atoms with E-state index in [-0.39, 0.29) is 5.97 Å². The van der Waals surface area contributed by atoms with Crippen molar-refractivity contribution in [3.8, 4) is 5.06 Å². The Labute approximate surface area is 147 Å². The third-order valence-electron chi connectivity index (χ3n) is 4.02. The topological polar surface area (TPSA) is 26.3 Å². The fourth-order valence-electron chi connectivity index (χ4n) is 2.79. The molecule has 0 atom stereocenters. The van der Waals surface area contributed by atoms with Crippen molar-refractivity contribution >= 4 is 27.4 Å². The maximum Gasteiger partial charge on any atom is 0.344 e. The lowest BCUT2D eigenvalue weighted by Crippen LogP contribution is -2.07. The van der Waals surface area contributed by atoms with Crippen LogP contribution in [0.15, 0.2) is 48.5 Å².